The third kappa shape index (κ3) is 3.56. The summed E-state index contributed by atoms with van der Waals surface area (Å²) in [6, 6.07) is 13.6. The molecule has 1 fully saturated rings. The van der Waals surface area contributed by atoms with Gasteiger partial charge in [-0.05, 0) is 61.4 Å². The van der Waals surface area contributed by atoms with Crippen molar-refractivity contribution in [3.05, 3.63) is 69.3 Å². The highest BCUT2D eigenvalue weighted by Gasteiger charge is 2.26. The van der Waals surface area contributed by atoms with Gasteiger partial charge in [-0.3, -0.25) is 9.59 Å². The zero-order valence-electron chi connectivity index (χ0n) is 16.0. The quantitative estimate of drug-likeness (QED) is 0.651. The number of H-pyrrole nitrogens is 1. The number of carbonyl (C=O) groups excluding carboxylic acids is 2. The van der Waals surface area contributed by atoms with Gasteiger partial charge in [-0.15, -0.1) is 0 Å². The molecule has 1 aliphatic heterocycles. The van der Waals surface area contributed by atoms with Crippen LogP contribution in [0.15, 0.2) is 46.9 Å². The lowest BCUT2D eigenvalue weighted by Crippen LogP contribution is -2.50. The van der Waals surface area contributed by atoms with Crippen molar-refractivity contribution in [3.8, 4) is 0 Å². The average molecular weight is 440 g/mol. The summed E-state index contributed by atoms with van der Waals surface area (Å²) < 4.78 is 0.983. The number of nitrogens with one attached hydrogen (secondary N) is 1. The molecule has 3 aromatic rings. The van der Waals surface area contributed by atoms with Gasteiger partial charge in [0.05, 0.1) is 0 Å². The number of hydrogen-bond donors (Lipinski definition) is 1. The van der Waals surface area contributed by atoms with Crippen LogP contribution in [-0.2, 0) is 0 Å². The second-order valence-electron chi connectivity index (χ2n) is 7.30. The summed E-state index contributed by atoms with van der Waals surface area (Å²) in [6.07, 6.45) is 0. The number of benzene rings is 2. The molecule has 0 aliphatic carbocycles. The fourth-order valence-electron chi connectivity index (χ4n) is 3.56. The van der Waals surface area contributed by atoms with E-state index in [1.54, 1.807) is 0 Å². The first kappa shape index (κ1) is 18.7. The third-order valence-corrected chi connectivity index (χ3v) is 5.91. The molecule has 6 heteroatoms. The number of aromatic amines is 1. The van der Waals surface area contributed by atoms with Crippen molar-refractivity contribution in [2.24, 2.45) is 0 Å². The third-order valence-electron chi connectivity index (χ3n) is 5.42. The van der Waals surface area contributed by atoms with E-state index < -0.39 is 0 Å². The summed E-state index contributed by atoms with van der Waals surface area (Å²) in [5.74, 6) is 0.0104. The molecule has 1 aromatic heterocycles. The summed E-state index contributed by atoms with van der Waals surface area (Å²) in [5.41, 5.74) is 4.53. The number of fused-ring (bicyclic) bond motifs is 1. The number of amides is 2. The van der Waals surface area contributed by atoms with E-state index in [-0.39, 0.29) is 11.8 Å². The van der Waals surface area contributed by atoms with Crippen LogP contribution >= 0.6 is 15.9 Å². The van der Waals surface area contributed by atoms with Gasteiger partial charge >= 0.3 is 0 Å². The zero-order chi connectivity index (χ0) is 19.8. The highest BCUT2D eigenvalue weighted by atomic mass is 79.9. The average Bonchev–Trinajstić information content (AvgIpc) is 3.12. The van der Waals surface area contributed by atoms with Gasteiger partial charge in [-0.25, -0.2) is 0 Å². The number of nitrogens with zero attached hydrogens (tertiary/aromatic N) is 2. The van der Waals surface area contributed by atoms with Crippen molar-refractivity contribution >= 4 is 38.6 Å². The van der Waals surface area contributed by atoms with Crippen LogP contribution in [-0.4, -0.2) is 52.8 Å². The van der Waals surface area contributed by atoms with Crippen molar-refractivity contribution in [1.82, 2.24) is 14.8 Å². The second-order valence-corrected chi connectivity index (χ2v) is 8.21. The topological polar surface area (TPSA) is 56.4 Å². The Hall–Kier alpha value is -2.60. The molecule has 2 heterocycles. The molecular formula is C22H22BrN3O2. The van der Waals surface area contributed by atoms with Gasteiger partial charge in [0.1, 0.15) is 5.69 Å². The summed E-state index contributed by atoms with van der Waals surface area (Å²) in [6.45, 7) is 6.22. The van der Waals surface area contributed by atoms with Gasteiger partial charge in [0.2, 0.25) is 0 Å². The standard InChI is InChI=1S/C22H22BrN3O2/c1-14-3-4-16(11-15(14)2)21(27)25-7-9-26(10-8-25)22(28)20-13-17-12-18(23)5-6-19(17)24-20/h3-6,11-13,24H,7-10H2,1-2H3. The van der Waals surface area contributed by atoms with Crippen LogP contribution in [0.4, 0.5) is 0 Å². The molecule has 1 aliphatic rings. The van der Waals surface area contributed by atoms with Gasteiger partial charge in [-0.2, -0.15) is 0 Å². The Morgan fingerprint density at radius 3 is 2.21 bits per heavy atom. The largest absolute Gasteiger partial charge is 0.351 e. The van der Waals surface area contributed by atoms with Gasteiger partial charge < -0.3 is 14.8 Å². The van der Waals surface area contributed by atoms with E-state index in [2.05, 4.69) is 20.9 Å². The second kappa shape index (κ2) is 7.43. The van der Waals surface area contributed by atoms with Crippen LogP contribution in [0.3, 0.4) is 0 Å². The highest BCUT2D eigenvalue weighted by Crippen LogP contribution is 2.22. The highest BCUT2D eigenvalue weighted by molar-refractivity contribution is 9.10. The Bertz CT molecular complexity index is 1060. The molecule has 4 rings (SSSR count). The molecule has 5 nitrogen and oxygen atoms in total. The van der Waals surface area contributed by atoms with Crippen LogP contribution in [0.2, 0.25) is 0 Å². The van der Waals surface area contributed by atoms with Gasteiger partial charge in [0.25, 0.3) is 11.8 Å². The summed E-state index contributed by atoms with van der Waals surface area (Å²) >= 11 is 3.46. The fraction of sp³-hybridized carbons (Fsp3) is 0.273. The molecule has 28 heavy (non-hydrogen) atoms. The number of aryl methyl sites for hydroxylation is 2. The number of halogens is 1. The Balaban J connectivity index is 1.43. The molecule has 0 atom stereocenters. The van der Waals surface area contributed by atoms with Crippen molar-refractivity contribution in [1.29, 1.82) is 0 Å². The first-order chi connectivity index (χ1) is 13.4. The van der Waals surface area contributed by atoms with E-state index in [4.69, 9.17) is 0 Å². The van der Waals surface area contributed by atoms with E-state index in [0.29, 0.717) is 37.4 Å². The Labute approximate surface area is 172 Å². The van der Waals surface area contributed by atoms with E-state index in [1.165, 1.54) is 5.56 Å². The summed E-state index contributed by atoms with van der Waals surface area (Å²) in [5, 5.41) is 1.00. The minimum Gasteiger partial charge on any atom is -0.351 e. The number of hydrogen-bond acceptors (Lipinski definition) is 2. The number of carbonyl (C=O) groups is 2. The van der Waals surface area contributed by atoms with Crippen molar-refractivity contribution < 1.29 is 9.59 Å². The molecule has 1 N–H and O–H groups in total. The minimum atomic E-state index is -0.0226. The molecule has 2 amide bonds. The van der Waals surface area contributed by atoms with E-state index in [1.807, 2.05) is 66.1 Å². The fourth-order valence-corrected chi connectivity index (χ4v) is 3.94. The normalized spacial score (nSPS) is 14.5. The monoisotopic (exact) mass is 439 g/mol. The lowest BCUT2D eigenvalue weighted by atomic mass is 10.1. The van der Waals surface area contributed by atoms with Crippen molar-refractivity contribution in [2.45, 2.75) is 13.8 Å². The Morgan fingerprint density at radius 2 is 1.54 bits per heavy atom. The lowest BCUT2D eigenvalue weighted by molar-refractivity contribution is 0.0533. The minimum absolute atomic E-state index is 0.0226. The maximum atomic E-state index is 12.9. The molecule has 0 unspecified atom stereocenters. The van der Waals surface area contributed by atoms with E-state index in [0.717, 1.165) is 20.9 Å². The molecule has 2 aromatic carbocycles. The molecule has 0 spiro atoms. The van der Waals surface area contributed by atoms with Crippen LogP contribution in [0.5, 0.6) is 0 Å². The van der Waals surface area contributed by atoms with Crippen LogP contribution in [0.25, 0.3) is 10.9 Å². The number of aromatic nitrogens is 1. The molecule has 0 bridgehead atoms. The van der Waals surface area contributed by atoms with Crippen LogP contribution in [0.1, 0.15) is 32.0 Å². The first-order valence-electron chi connectivity index (χ1n) is 9.36. The summed E-state index contributed by atoms with van der Waals surface area (Å²) in [7, 11) is 0. The molecular weight excluding hydrogens is 418 g/mol. The number of rotatable bonds is 2. The molecule has 144 valence electrons. The Kier molecular flexibility index (Phi) is 4.98. The van der Waals surface area contributed by atoms with E-state index in [9.17, 15) is 9.59 Å². The molecule has 0 saturated carbocycles. The Morgan fingerprint density at radius 1 is 0.857 bits per heavy atom. The smallest absolute Gasteiger partial charge is 0.270 e. The molecule has 1 saturated heterocycles. The SMILES string of the molecule is Cc1ccc(C(=O)N2CCN(C(=O)c3cc4cc(Br)ccc4[nH]3)CC2)cc1C. The number of piperazine rings is 1. The van der Waals surface area contributed by atoms with Crippen molar-refractivity contribution in [3.63, 3.8) is 0 Å². The lowest BCUT2D eigenvalue weighted by Gasteiger charge is -2.34. The predicted molar refractivity (Wildman–Crippen MR) is 114 cm³/mol. The van der Waals surface area contributed by atoms with Gasteiger partial charge in [-0.1, -0.05) is 22.0 Å². The van der Waals surface area contributed by atoms with E-state index >= 15 is 0 Å². The van der Waals surface area contributed by atoms with Crippen molar-refractivity contribution in [2.75, 3.05) is 26.2 Å². The van der Waals surface area contributed by atoms with Gasteiger partial charge in [0, 0.05) is 47.1 Å². The van der Waals surface area contributed by atoms with Crippen LogP contribution < -0.4 is 0 Å². The summed E-state index contributed by atoms with van der Waals surface area (Å²) in [4.78, 5) is 32.5. The maximum Gasteiger partial charge on any atom is 0.270 e. The molecule has 0 radical (unpaired) electrons. The van der Waals surface area contributed by atoms with Crippen LogP contribution in [0, 0.1) is 13.8 Å². The van der Waals surface area contributed by atoms with Gasteiger partial charge in [0.15, 0.2) is 0 Å². The predicted octanol–water partition coefficient (Wildman–Crippen LogP) is 4.15. The zero-order valence-corrected chi connectivity index (χ0v) is 17.5. The maximum absolute atomic E-state index is 12.9. The first-order valence-corrected chi connectivity index (χ1v) is 10.2.